The summed E-state index contributed by atoms with van der Waals surface area (Å²) in [6.45, 7) is 4.11. The van der Waals surface area contributed by atoms with Crippen molar-refractivity contribution in [1.29, 1.82) is 0 Å². The molecular formula is C31H32N2O2. The Labute approximate surface area is 207 Å². The molecule has 3 aromatic carbocycles. The molecule has 0 unspecified atom stereocenters. The number of nitrogens with zero attached hydrogens (tertiary/aromatic N) is 1. The van der Waals surface area contributed by atoms with Crippen molar-refractivity contribution in [2.45, 2.75) is 19.3 Å². The average molecular weight is 465 g/mol. The third kappa shape index (κ3) is 5.39. The quantitative estimate of drug-likeness (QED) is 0.335. The van der Waals surface area contributed by atoms with Crippen molar-refractivity contribution in [1.82, 2.24) is 5.32 Å². The van der Waals surface area contributed by atoms with Gasteiger partial charge in [0.15, 0.2) is 0 Å². The Hall–Kier alpha value is -3.63. The number of anilines is 1. The highest BCUT2D eigenvalue weighted by Crippen LogP contribution is 2.45. The lowest BCUT2D eigenvalue weighted by Crippen LogP contribution is -2.43. The van der Waals surface area contributed by atoms with Crippen LogP contribution in [-0.2, 0) is 4.79 Å². The molecule has 1 aliphatic heterocycles. The van der Waals surface area contributed by atoms with E-state index in [0.717, 1.165) is 37.3 Å². The molecule has 2 N–H and O–H groups in total. The molecule has 0 radical (unpaired) electrons. The van der Waals surface area contributed by atoms with Crippen LogP contribution in [0, 0.1) is 5.92 Å². The smallest absolute Gasteiger partial charge is 0.328 e. The molecule has 4 heteroatoms. The summed E-state index contributed by atoms with van der Waals surface area (Å²) >= 11 is 0. The summed E-state index contributed by atoms with van der Waals surface area (Å²) < 4.78 is 0. The van der Waals surface area contributed by atoms with Crippen molar-refractivity contribution in [2.75, 3.05) is 31.1 Å². The minimum absolute atomic E-state index is 0.548. The van der Waals surface area contributed by atoms with Crippen LogP contribution in [0.4, 0.5) is 5.69 Å². The molecule has 0 spiro atoms. The summed E-state index contributed by atoms with van der Waals surface area (Å²) in [7, 11) is 0. The molecule has 0 aromatic heterocycles. The van der Waals surface area contributed by atoms with Gasteiger partial charge in [0.1, 0.15) is 0 Å². The van der Waals surface area contributed by atoms with Crippen molar-refractivity contribution >= 4 is 28.9 Å². The van der Waals surface area contributed by atoms with Crippen LogP contribution in [0.1, 0.15) is 41.5 Å². The van der Waals surface area contributed by atoms with Crippen LogP contribution in [0.15, 0.2) is 84.9 Å². The SMILES string of the molecule is O=C(O)C=Cc1ccc(C(=C(c2ccccc2)C2CCC2)c2ccc(N3CCNCC3)cc2)cc1. The number of aliphatic carboxylic acids is 1. The third-order valence-corrected chi connectivity index (χ3v) is 7.12. The van der Waals surface area contributed by atoms with Gasteiger partial charge in [0.05, 0.1) is 0 Å². The van der Waals surface area contributed by atoms with E-state index < -0.39 is 5.97 Å². The van der Waals surface area contributed by atoms with E-state index in [1.165, 1.54) is 53.3 Å². The summed E-state index contributed by atoms with van der Waals surface area (Å²) in [6, 6.07) is 28.1. The number of benzene rings is 3. The molecule has 4 nitrogen and oxygen atoms in total. The molecular weight excluding hydrogens is 432 g/mol. The number of hydrogen-bond acceptors (Lipinski definition) is 3. The van der Waals surface area contributed by atoms with Gasteiger partial charge in [-0.2, -0.15) is 0 Å². The molecule has 2 fully saturated rings. The summed E-state index contributed by atoms with van der Waals surface area (Å²) in [5.41, 5.74) is 8.53. The van der Waals surface area contributed by atoms with Gasteiger partial charge in [0, 0.05) is 37.9 Å². The number of hydrogen-bond donors (Lipinski definition) is 2. The highest BCUT2D eigenvalue weighted by molar-refractivity contribution is 6.00. The molecule has 0 atom stereocenters. The van der Waals surface area contributed by atoms with Crippen LogP contribution < -0.4 is 10.2 Å². The molecule has 178 valence electrons. The fourth-order valence-electron chi connectivity index (χ4n) is 5.07. The highest BCUT2D eigenvalue weighted by Gasteiger charge is 2.27. The van der Waals surface area contributed by atoms with Gasteiger partial charge in [-0.05, 0) is 70.4 Å². The van der Waals surface area contributed by atoms with Crippen molar-refractivity contribution < 1.29 is 9.90 Å². The molecule has 1 saturated carbocycles. The Balaban J connectivity index is 1.60. The van der Waals surface area contributed by atoms with E-state index in [-0.39, 0.29) is 0 Å². The van der Waals surface area contributed by atoms with Gasteiger partial charge in [0.2, 0.25) is 0 Å². The Kier molecular flexibility index (Phi) is 7.10. The van der Waals surface area contributed by atoms with E-state index in [2.05, 4.69) is 76.9 Å². The Morgan fingerprint density at radius 1 is 0.829 bits per heavy atom. The molecule has 35 heavy (non-hydrogen) atoms. The first-order chi connectivity index (χ1) is 17.2. The molecule has 1 saturated heterocycles. The van der Waals surface area contributed by atoms with Crippen molar-refractivity contribution in [3.8, 4) is 0 Å². The summed E-state index contributed by atoms with van der Waals surface area (Å²) in [5.74, 6) is -0.387. The van der Waals surface area contributed by atoms with E-state index in [1.54, 1.807) is 6.08 Å². The Morgan fingerprint density at radius 3 is 2.03 bits per heavy atom. The first kappa shape index (κ1) is 23.1. The highest BCUT2D eigenvalue weighted by atomic mass is 16.4. The number of carboxylic acid groups (broad SMARTS) is 1. The van der Waals surface area contributed by atoms with Crippen molar-refractivity contribution in [2.24, 2.45) is 5.92 Å². The molecule has 1 heterocycles. The van der Waals surface area contributed by atoms with E-state index in [9.17, 15) is 4.79 Å². The van der Waals surface area contributed by atoms with Crippen LogP contribution in [0.3, 0.4) is 0 Å². The molecule has 5 rings (SSSR count). The van der Waals surface area contributed by atoms with E-state index in [4.69, 9.17) is 5.11 Å². The lowest BCUT2D eigenvalue weighted by Gasteiger charge is -2.32. The Bertz CT molecular complexity index is 1200. The molecule has 1 aliphatic carbocycles. The van der Waals surface area contributed by atoms with Crippen molar-refractivity contribution in [3.63, 3.8) is 0 Å². The second-order valence-electron chi connectivity index (χ2n) is 9.36. The zero-order valence-electron chi connectivity index (χ0n) is 20.0. The van der Waals surface area contributed by atoms with Crippen LogP contribution >= 0.6 is 0 Å². The maximum absolute atomic E-state index is 10.9. The van der Waals surface area contributed by atoms with Crippen LogP contribution in [0.2, 0.25) is 0 Å². The molecule has 0 amide bonds. The first-order valence-corrected chi connectivity index (χ1v) is 12.6. The lowest BCUT2D eigenvalue weighted by molar-refractivity contribution is -0.131. The van der Waals surface area contributed by atoms with E-state index in [0.29, 0.717) is 5.92 Å². The van der Waals surface area contributed by atoms with E-state index in [1.807, 2.05) is 12.1 Å². The minimum Gasteiger partial charge on any atom is -0.478 e. The summed E-state index contributed by atoms with van der Waals surface area (Å²) in [5, 5.41) is 12.4. The number of piperazine rings is 1. The second-order valence-corrected chi connectivity index (χ2v) is 9.36. The number of allylic oxidation sites excluding steroid dienone is 1. The predicted octanol–water partition coefficient (Wildman–Crippen LogP) is 5.95. The van der Waals surface area contributed by atoms with Gasteiger partial charge in [-0.15, -0.1) is 0 Å². The number of nitrogens with one attached hydrogen (secondary N) is 1. The fraction of sp³-hybridized carbons (Fsp3) is 0.258. The van der Waals surface area contributed by atoms with Gasteiger partial charge in [0.25, 0.3) is 0 Å². The summed E-state index contributed by atoms with van der Waals surface area (Å²) in [4.78, 5) is 13.4. The van der Waals surface area contributed by atoms with Crippen LogP contribution in [-0.4, -0.2) is 37.3 Å². The molecule has 0 bridgehead atoms. The van der Waals surface area contributed by atoms with Gasteiger partial charge >= 0.3 is 5.97 Å². The summed E-state index contributed by atoms with van der Waals surface area (Å²) in [6.07, 6.45) is 6.53. The van der Waals surface area contributed by atoms with E-state index >= 15 is 0 Å². The zero-order chi connectivity index (χ0) is 24.0. The normalized spacial score (nSPS) is 17.2. The number of carbonyl (C=O) groups is 1. The lowest BCUT2D eigenvalue weighted by atomic mass is 9.73. The van der Waals surface area contributed by atoms with Gasteiger partial charge in [-0.3, -0.25) is 0 Å². The monoisotopic (exact) mass is 464 g/mol. The molecule has 2 aliphatic rings. The topological polar surface area (TPSA) is 52.6 Å². The largest absolute Gasteiger partial charge is 0.478 e. The first-order valence-electron chi connectivity index (χ1n) is 12.6. The minimum atomic E-state index is -0.935. The van der Waals surface area contributed by atoms with Gasteiger partial charge in [-0.1, -0.05) is 73.2 Å². The van der Waals surface area contributed by atoms with Crippen LogP contribution in [0.5, 0.6) is 0 Å². The second kappa shape index (κ2) is 10.7. The number of carboxylic acids is 1. The predicted molar refractivity (Wildman–Crippen MR) is 144 cm³/mol. The van der Waals surface area contributed by atoms with Crippen molar-refractivity contribution in [3.05, 3.63) is 107 Å². The Morgan fingerprint density at radius 2 is 1.46 bits per heavy atom. The standard InChI is InChI=1S/C31H32N2O2/c34-29(35)18-11-23-9-12-26(13-10-23)31(30(25-7-4-8-25)24-5-2-1-3-6-24)27-14-16-28(17-15-27)33-21-19-32-20-22-33/h1-3,5-6,9-18,25,32H,4,7-8,19-22H2,(H,34,35). The average Bonchev–Trinajstić information content (AvgIpc) is 2.88. The zero-order valence-corrected chi connectivity index (χ0v) is 20.0. The fourth-order valence-corrected chi connectivity index (χ4v) is 5.07. The molecule has 3 aromatic rings. The van der Waals surface area contributed by atoms with Gasteiger partial charge < -0.3 is 15.3 Å². The van der Waals surface area contributed by atoms with Gasteiger partial charge in [-0.25, -0.2) is 4.79 Å². The maximum atomic E-state index is 10.9. The third-order valence-electron chi connectivity index (χ3n) is 7.12. The maximum Gasteiger partial charge on any atom is 0.328 e. The number of rotatable bonds is 7. The van der Waals surface area contributed by atoms with Crippen LogP contribution in [0.25, 0.3) is 17.2 Å².